The molecule has 0 amide bonds. The fourth-order valence-electron chi connectivity index (χ4n) is 4.34. The Morgan fingerprint density at radius 2 is 1.96 bits per heavy atom. The summed E-state index contributed by atoms with van der Waals surface area (Å²) in [5, 5.41) is 3.47. The lowest BCUT2D eigenvalue weighted by Gasteiger charge is -2.14. The summed E-state index contributed by atoms with van der Waals surface area (Å²) >= 11 is 0. The first kappa shape index (κ1) is 17.3. The third kappa shape index (κ3) is 3.16. The summed E-state index contributed by atoms with van der Waals surface area (Å²) in [5.41, 5.74) is 5.63. The van der Waals surface area contributed by atoms with Crippen LogP contribution >= 0.6 is 0 Å². The van der Waals surface area contributed by atoms with E-state index in [2.05, 4.69) is 27.4 Å². The average Bonchev–Trinajstić information content (AvgIpc) is 3.31. The van der Waals surface area contributed by atoms with Gasteiger partial charge in [0.15, 0.2) is 0 Å². The largest absolute Gasteiger partial charge is 0.345 e. The lowest BCUT2D eigenvalue weighted by molar-refractivity contribution is 0.522. The van der Waals surface area contributed by atoms with Crippen molar-refractivity contribution in [1.29, 1.82) is 0 Å². The van der Waals surface area contributed by atoms with E-state index >= 15 is 0 Å². The normalized spacial score (nSPS) is 18.9. The van der Waals surface area contributed by atoms with E-state index in [-0.39, 0.29) is 5.56 Å². The topological polar surface area (TPSA) is 40.7 Å². The molecule has 0 saturated carbocycles. The van der Waals surface area contributed by atoms with Gasteiger partial charge in [-0.05, 0) is 66.6 Å². The number of benzene rings is 2. The van der Waals surface area contributed by atoms with Gasteiger partial charge < -0.3 is 10.3 Å². The molecule has 0 fully saturated rings. The number of imidazole rings is 1. The van der Waals surface area contributed by atoms with Gasteiger partial charge in [0.2, 0.25) is 0 Å². The molecule has 2 aliphatic carbocycles. The van der Waals surface area contributed by atoms with E-state index in [1.807, 2.05) is 0 Å². The van der Waals surface area contributed by atoms with Crippen LogP contribution < -0.4 is 5.32 Å². The molecule has 1 aromatic heterocycles. The van der Waals surface area contributed by atoms with Crippen molar-refractivity contribution < 1.29 is 8.78 Å². The summed E-state index contributed by atoms with van der Waals surface area (Å²) in [5.74, 6) is -1.08. The number of aromatic nitrogens is 2. The summed E-state index contributed by atoms with van der Waals surface area (Å²) < 4.78 is 29.5. The van der Waals surface area contributed by atoms with Gasteiger partial charge in [-0.3, -0.25) is 0 Å². The minimum Gasteiger partial charge on any atom is -0.345 e. The zero-order valence-electron chi connectivity index (χ0n) is 15.4. The van der Waals surface area contributed by atoms with Crippen LogP contribution in [0.15, 0.2) is 60.0 Å². The summed E-state index contributed by atoms with van der Waals surface area (Å²) in [6.45, 7) is 0.461. The Labute approximate surface area is 162 Å². The predicted molar refractivity (Wildman–Crippen MR) is 107 cm³/mol. The molecule has 0 radical (unpaired) electrons. The van der Waals surface area contributed by atoms with Crippen molar-refractivity contribution in [3.8, 4) is 11.1 Å². The third-order valence-electron chi connectivity index (χ3n) is 5.75. The van der Waals surface area contributed by atoms with Crippen molar-refractivity contribution in [3.05, 3.63) is 77.2 Å². The van der Waals surface area contributed by atoms with Gasteiger partial charge in [0.25, 0.3) is 0 Å². The van der Waals surface area contributed by atoms with Gasteiger partial charge in [-0.25, -0.2) is 13.8 Å². The number of H-pyrrole nitrogens is 1. The van der Waals surface area contributed by atoms with Crippen LogP contribution in [-0.2, 0) is 6.54 Å². The van der Waals surface area contributed by atoms with Crippen molar-refractivity contribution in [2.24, 2.45) is 0 Å². The Kier molecular flexibility index (Phi) is 4.32. The molecule has 5 heteroatoms. The van der Waals surface area contributed by atoms with Gasteiger partial charge in [-0.2, -0.15) is 0 Å². The van der Waals surface area contributed by atoms with E-state index in [1.165, 1.54) is 23.3 Å². The molecule has 28 heavy (non-hydrogen) atoms. The molecule has 2 N–H and O–H groups in total. The lowest BCUT2D eigenvalue weighted by atomic mass is 10.0. The second-order valence-corrected chi connectivity index (χ2v) is 7.62. The molecule has 3 nitrogen and oxygen atoms in total. The van der Waals surface area contributed by atoms with Crippen molar-refractivity contribution in [3.63, 3.8) is 0 Å². The van der Waals surface area contributed by atoms with Gasteiger partial charge in [0, 0.05) is 12.6 Å². The number of nitrogens with zero attached hydrogens (tertiary/aromatic N) is 1. The van der Waals surface area contributed by atoms with Gasteiger partial charge in [-0.15, -0.1) is 0 Å². The summed E-state index contributed by atoms with van der Waals surface area (Å²) in [6, 6.07) is 8.41. The number of halogens is 2. The molecule has 1 atom stereocenters. The van der Waals surface area contributed by atoms with E-state index in [9.17, 15) is 8.78 Å². The Morgan fingerprint density at radius 1 is 1.11 bits per heavy atom. The van der Waals surface area contributed by atoms with E-state index in [4.69, 9.17) is 0 Å². The average molecular weight is 377 g/mol. The first-order valence-corrected chi connectivity index (χ1v) is 9.69. The molecule has 0 saturated heterocycles. The second kappa shape index (κ2) is 6.99. The minimum atomic E-state index is -0.539. The first-order chi connectivity index (χ1) is 13.7. The highest BCUT2D eigenvalue weighted by atomic mass is 19.1. The molecule has 1 heterocycles. The van der Waals surface area contributed by atoms with Crippen molar-refractivity contribution in [1.82, 2.24) is 15.3 Å². The molecule has 0 aliphatic heterocycles. The quantitative estimate of drug-likeness (QED) is 0.638. The minimum absolute atomic E-state index is 0.00313. The zero-order valence-corrected chi connectivity index (χ0v) is 15.4. The summed E-state index contributed by atoms with van der Waals surface area (Å²) in [7, 11) is 0. The summed E-state index contributed by atoms with van der Waals surface area (Å²) in [4.78, 5) is 7.12. The van der Waals surface area contributed by atoms with Crippen molar-refractivity contribution in [2.45, 2.75) is 38.3 Å². The maximum atomic E-state index is 14.8. The van der Waals surface area contributed by atoms with E-state index in [1.54, 1.807) is 24.5 Å². The number of hydrogen-bond donors (Lipinski definition) is 2. The molecular formula is C23H21F2N3. The fourth-order valence-corrected chi connectivity index (χ4v) is 4.34. The van der Waals surface area contributed by atoms with Crippen LogP contribution in [-0.4, -0.2) is 16.0 Å². The van der Waals surface area contributed by atoms with Gasteiger partial charge >= 0.3 is 0 Å². The smallest absolute Gasteiger partial charge is 0.134 e. The maximum absolute atomic E-state index is 14.8. The number of aromatic amines is 1. The van der Waals surface area contributed by atoms with E-state index < -0.39 is 11.6 Å². The second-order valence-electron chi connectivity index (χ2n) is 7.62. The molecule has 0 spiro atoms. The SMILES string of the molecule is Fc1cc(CNC2CC3=C(CCC=C3)C2)cc(F)c1-c1ccc2nc[nH]c2c1. The van der Waals surface area contributed by atoms with E-state index in [0.29, 0.717) is 23.7 Å². The van der Waals surface area contributed by atoms with Gasteiger partial charge in [0.1, 0.15) is 11.6 Å². The third-order valence-corrected chi connectivity index (χ3v) is 5.75. The Bertz CT molecular complexity index is 1090. The monoisotopic (exact) mass is 377 g/mol. The Balaban J connectivity index is 1.33. The highest BCUT2D eigenvalue weighted by Crippen LogP contribution is 2.34. The van der Waals surface area contributed by atoms with Crippen LogP contribution in [0.5, 0.6) is 0 Å². The molecule has 0 bridgehead atoms. The van der Waals surface area contributed by atoms with Crippen molar-refractivity contribution >= 4 is 11.0 Å². The maximum Gasteiger partial charge on any atom is 0.134 e. The van der Waals surface area contributed by atoms with Crippen LogP contribution in [0.3, 0.4) is 0 Å². The number of fused-ring (bicyclic) bond motifs is 1. The number of rotatable bonds is 4. The van der Waals surface area contributed by atoms with Crippen LogP contribution in [0.1, 0.15) is 31.2 Å². The lowest BCUT2D eigenvalue weighted by Crippen LogP contribution is -2.26. The van der Waals surface area contributed by atoms with Crippen molar-refractivity contribution in [2.75, 3.05) is 0 Å². The predicted octanol–water partition coefficient (Wildman–Crippen LogP) is 5.41. The van der Waals surface area contributed by atoms with Gasteiger partial charge in [0.05, 0.1) is 22.9 Å². The standard InChI is InChI=1S/C23H21F2N3/c24-19-7-14(12-26-18-9-15-3-1-2-4-16(15)10-18)8-20(25)23(19)17-5-6-21-22(11-17)28-13-27-21/h1,3,5-8,11,13,18,26H,2,4,9-10,12H2,(H,27,28). The highest BCUT2D eigenvalue weighted by Gasteiger charge is 2.23. The molecule has 1 unspecified atom stereocenters. The molecule has 2 aromatic carbocycles. The van der Waals surface area contributed by atoms with Crippen LogP contribution in [0, 0.1) is 11.6 Å². The Hall–Kier alpha value is -2.79. The molecule has 3 aromatic rings. The summed E-state index contributed by atoms with van der Waals surface area (Å²) in [6.07, 6.45) is 10.3. The molecular weight excluding hydrogens is 356 g/mol. The Morgan fingerprint density at radius 3 is 2.79 bits per heavy atom. The number of hydrogen-bond acceptors (Lipinski definition) is 2. The van der Waals surface area contributed by atoms with Gasteiger partial charge in [-0.1, -0.05) is 23.8 Å². The molecule has 142 valence electrons. The van der Waals surface area contributed by atoms with Crippen LogP contribution in [0.4, 0.5) is 8.78 Å². The molecule has 2 aliphatic rings. The number of nitrogens with one attached hydrogen (secondary N) is 2. The van der Waals surface area contributed by atoms with E-state index in [0.717, 1.165) is 36.7 Å². The number of allylic oxidation sites excluding steroid dienone is 2. The zero-order chi connectivity index (χ0) is 19.1. The van der Waals surface area contributed by atoms with Crippen LogP contribution in [0.25, 0.3) is 22.2 Å². The van der Waals surface area contributed by atoms with Crippen LogP contribution in [0.2, 0.25) is 0 Å². The molecule has 5 rings (SSSR count). The first-order valence-electron chi connectivity index (χ1n) is 9.69. The highest BCUT2D eigenvalue weighted by molar-refractivity contribution is 5.81. The fraction of sp³-hybridized carbons (Fsp3) is 0.261.